The lowest BCUT2D eigenvalue weighted by atomic mass is 9.43. The molecule has 0 radical (unpaired) electrons. The summed E-state index contributed by atoms with van der Waals surface area (Å²) in [4.78, 5) is 40.1. The minimum absolute atomic E-state index is 0.0159. The third kappa shape index (κ3) is 4.50. The molecular formula is C32H48O7. The molecular weight excluding hydrogens is 496 g/mol. The van der Waals surface area contributed by atoms with Crippen molar-refractivity contribution in [1.29, 1.82) is 0 Å². The quantitative estimate of drug-likeness (QED) is 0.155. The van der Waals surface area contributed by atoms with Crippen LogP contribution in [0.15, 0.2) is 12.2 Å². The van der Waals surface area contributed by atoms with Crippen LogP contribution < -0.4 is 0 Å². The normalized spacial score (nSPS) is 40.1. The van der Waals surface area contributed by atoms with Crippen molar-refractivity contribution >= 4 is 17.7 Å². The summed E-state index contributed by atoms with van der Waals surface area (Å²) < 4.78 is 18.3. The first-order chi connectivity index (χ1) is 18.6. The summed E-state index contributed by atoms with van der Waals surface area (Å²) in [5.74, 6) is -1.59. The van der Waals surface area contributed by atoms with Crippen molar-refractivity contribution in [2.24, 2.45) is 34.0 Å². The van der Waals surface area contributed by atoms with E-state index in [1.807, 2.05) is 13.8 Å². The largest absolute Gasteiger partial charge is 0.461 e. The van der Waals surface area contributed by atoms with Gasteiger partial charge >= 0.3 is 11.9 Å². The molecule has 7 nitrogen and oxygen atoms in total. The Bertz CT molecular complexity index is 987. The van der Waals surface area contributed by atoms with Gasteiger partial charge in [-0.15, -0.1) is 0 Å². The molecule has 0 aromatic rings. The number of rotatable bonds is 11. The molecule has 2 aliphatic heterocycles. The number of aliphatic hydroxyl groups is 1. The van der Waals surface area contributed by atoms with Crippen molar-refractivity contribution in [2.75, 3.05) is 6.61 Å². The molecule has 8 atom stereocenters. The van der Waals surface area contributed by atoms with E-state index in [1.54, 1.807) is 0 Å². The van der Waals surface area contributed by atoms with Crippen LogP contribution in [0.5, 0.6) is 0 Å². The zero-order valence-electron chi connectivity index (χ0n) is 24.2. The Morgan fingerprint density at radius 2 is 1.72 bits per heavy atom. The second-order valence-electron chi connectivity index (χ2n) is 13.7. The molecule has 2 saturated heterocycles. The molecule has 5 aliphatic rings. The third-order valence-electron chi connectivity index (χ3n) is 11.2. The number of carbonyl (C=O) groups is 3. The Labute approximate surface area is 233 Å². The Balaban J connectivity index is 1.28. The molecule has 8 unspecified atom stereocenters. The number of unbranched alkanes of at least 4 members (excludes halogenated alkanes) is 8. The molecule has 39 heavy (non-hydrogen) atoms. The maximum Gasteiger partial charge on any atom is 0.320 e. The minimum atomic E-state index is -1.23. The van der Waals surface area contributed by atoms with Crippen LogP contribution in [0.1, 0.15) is 111 Å². The van der Waals surface area contributed by atoms with E-state index in [9.17, 15) is 19.5 Å². The molecule has 7 heteroatoms. The zero-order valence-corrected chi connectivity index (χ0v) is 24.2. The Morgan fingerprint density at radius 1 is 1.05 bits per heavy atom. The summed E-state index contributed by atoms with van der Waals surface area (Å²) in [6.45, 7) is 10.5. The molecule has 218 valence electrons. The van der Waals surface area contributed by atoms with Gasteiger partial charge in [-0.25, -0.2) is 0 Å². The SMILES string of the molecule is C=C1C(=O)C23CC1CCC2C12COC(OC(=O)CCCCCCCCCCC)C1C(C)(C)C(O)CC2OC3=O. The molecule has 3 saturated carbocycles. The van der Waals surface area contributed by atoms with Crippen molar-refractivity contribution in [3.8, 4) is 0 Å². The summed E-state index contributed by atoms with van der Waals surface area (Å²) in [7, 11) is 0. The summed E-state index contributed by atoms with van der Waals surface area (Å²) in [6, 6.07) is 0. The van der Waals surface area contributed by atoms with Crippen LogP contribution >= 0.6 is 0 Å². The fourth-order valence-electron chi connectivity index (χ4n) is 9.05. The first-order valence-corrected chi connectivity index (χ1v) is 15.5. The fraction of sp³-hybridized carbons (Fsp3) is 0.844. The van der Waals surface area contributed by atoms with Gasteiger partial charge in [-0.3, -0.25) is 14.4 Å². The van der Waals surface area contributed by atoms with Gasteiger partial charge in [-0.2, -0.15) is 0 Å². The number of Topliss-reactive ketones (excluding diaryl/α,β-unsaturated/α-hetero) is 1. The number of hydrogen-bond acceptors (Lipinski definition) is 7. The Hall–Kier alpha value is -1.73. The molecule has 5 rings (SSSR count). The maximum atomic E-state index is 13.6. The molecule has 2 bridgehead atoms. The van der Waals surface area contributed by atoms with Gasteiger partial charge in [0.25, 0.3) is 0 Å². The molecule has 5 fully saturated rings. The van der Waals surface area contributed by atoms with E-state index in [0.717, 1.165) is 25.7 Å². The van der Waals surface area contributed by atoms with Gasteiger partial charge in [0.05, 0.1) is 12.7 Å². The number of aliphatic hydroxyl groups excluding tert-OH is 1. The van der Waals surface area contributed by atoms with Crippen LogP contribution in [0, 0.1) is 34.0 Å². The maximum absolute atomic E-state index is 13.6. The van der Waals surface area contributed by atoms with Crippen LogP contribution in [0.4, 0.5) is 0 Å². The third-order valence-corrected chi connectivity index (χ3v) is 11.2. The van der Waals surface area contributed by atoms with Crippen molar-refractivity contribution in [2.45, 2.75) is 129 Å². The number of hydrogen-bond donors (Lipinski definition) is 1. The van der Waals surface area contributed by atoms with Crippen molar-refractivity contribution in [1.82, 2.24) is 0 Å². The zero-order chi connectivity index (χ0) is 28.0. The number of carbonyl (C=O) groups excluding carboxylic acids is 3. The lowest BCUT2D eigenvalue weighted by Crippen LogP contribution is -2.70. The number of fused-ring (bicyclic) bond motifs is 1. The first-order valence-electron chi connectivity index (χ1n) is 15.5. The molecule has 1 N–H and O–H groups in total. The van der Waals surface area contributed by atoms with E-state index in [4.69, 9.17) is 14.2 Å². The summed E-state index contributed by atoms with van der Waals surface area (Å²) in [6.07, 6.45) is 10.9. The van der Waals surface area contributed by atoms with Crippen molar-refractivity contribution in [3.05, 3.63) is 12.2 Å². The van der Waals surface area contributed by atoms with Gasteiger partial charge in [0.1, 0.15) is 11.5 Å². The number of esters is 2. The summed E-state index contributed by atoms with van der Waals surface area (Å²) in [5, 5.41) is 11.2. The van der Waals surface area contributed by atoms with Gasteiger partial charge in [-0.1, -0.05) is 78.7 Å². The summed E-state index contributed by atoms with van der Waals surface area (Å²) >= 11 is 0. The van der Waals surface area contributed by atoms with Gasteiger partial charge in [0.15, 0.2) is 5.78 Å². The van der Waals surface area contributed by atoms with Crippen molar-refractivity contribution < 1.29 is 33.7 Å². The standard InChI is InChI=1S/C32H48O7/c1-5-6-7-8-9-10-11-12-13-14-25(34)39-28-26-30(3,4)23(33)17-24-32(26,19-37-28)22-16-15-21-18-31(22,29(36)38-24)27(35)20(21)2/h21-24,26,28,33H,2,5-19H2,1,3-4H3. The molecule has 0 aromatic carbocycles. The van der Waals surface area contributed by atoms with Crippen LogP contribution in [0.25, 0.3) is 0 Å². The van der Waals surface area contributed by atoms with Gasteiger partial charge in [-0.05, 0) is 43.1 Å². The monoisotopic (exact) mass is 544 g/mol. The highest BCUT2D eigenvalue weighted by Crippen LogP contribution is 2.71. The van der Waals surface area contributed by atoms with E-state index < -0.39 is 40.7 Å². The van der Waals surface area contributed by atoms with Crippen LogP contribution in [0.2, 0.25) is 0 Å². The van der Waals surface area contributed by atoms with Gasteiger partial charge in [0.2, 0.25) is 6.29 Å². The predicted molar refractivity (Wildman–Crippen MR) is 145 cm³/mol. The molecule has 0 aromatic heterocycles. The van der Waals surface area contributed by atoms with E-state index in [0.29, 0.717) is 31.3 Å². The predicted octanol–water partition coefficient (Wildman–Crippen LogP) is 5.67. The van der Waals surface area contributed by atoms with Crippen molar-refractivity contribution in [3.63, 3.8) is 0 Å². The smallest absolute Gasteiger partial charge is 0.320 e. The average molecular weight is 545 g/mol. The highest BCUT2D eigenvalue weighted by Gasteiger charge is 2.78. The second-order valence-corrected chi connectivity index (χ2v) is 13.7. The van der Waals surface area contributed by atoms with E-state index in [1.165, 1.54) is 38.5 Å². The Kier molecular flexibility index (Phi) is 8.06. The highest BCUT2D eigenvalue weighted by atomic mass is 16.7. The molecule has 2 spiro atoms. The average Bonchev–Trinajstić information content (AvgIpc) is 3.37. The molecule has 3 aliphatic carbocycles. The van der Waals surface area contributed by atoms with E-state index >= 15 is 0 Å². The number of ketones is 1. The van der Waals surface area contributed by atoms with Crippen LogP contribution in [-0.2, 0) is 28.6 Å². The molecule has 0 amide bonds. The Morgan fingerprint density at radius 3 is 2.41 bits per heavy atom. The lowest BCUT2D eigenvalue weighted by molar-refractivity contribution is -0.255. The summed E-state index contributed by atoms with van der Waals surface area (Å²) in [5.41, 5.74) is -2.04. The fourth-order valence-corrected chi connectivity index (χ4v) is 9.05. The number of ether oxygens (including phenoxy) is 3. The highest BCUT2D eigenvalue weighted by molar-refractivity contribution is 6.15. The number of allylic oxidation sites excluding steroid dienone is 1. The molecule has 2 heterocycles. The van der Waals surface area contributed by atoms with Crippen LogP contribution in [0.3, 0.4) is 0 Å². The topological polar surface area (TPSA) is 99.1 Å². The van der Waals surface area contributed by atoms with Gasteiger partial charge in [0, 0.05) is 29.6 Å². The lowest BCUT2D eigenvalue weighted by Gasteiger charge is -2.62. The first kappa shape index (κ1) is 28.8. The van der Waals surface area contributed by atoms with E-state index in [2.05, 4.69) is 13.5 Å². The minimum Gasteiger partial charge on any atom is -0.461 e. The van der Waals surface area contributed by atoms with Gasteiger partial charge < -0.3 is 19.3 Å². The second kappa shape index (κ2) is 10.9. The van der Waals surface area contributed by atoms with Crippen LogP contribution in [-0.4, -0.2) is 47.9 Å². The van der Waals surface area contributed by atoms with E-state index in [-0.39, 0.29) is 36.1 Å².